The molecule has 0 unspecified atom stereocenters. The highest BCUT2D eigenvalue weighted by atomic mass is 15.1. The van der Waals surface area contributed by atoms with Crippen molar-refractivity contribution < 1.29 is 0 Å². The van der Waals surface area contributed by atoms with Crippen molar-refractivity contribution in [1.29, 1.82) is 0 Å². The second kappa shape index (κ2) is 13.9. The van der Waals surface area contributed by atoms with Crippen molar-refractivity contribution >= 4 is 17.1 Å². The Bertz CT molecular complexity index is 2930. The van der Waals surface area contributed by atoms with Gasteiger partial charge in [0.15, 0.2) is 0 Å². The molecule has 0 radical (unpaired) electrons. The first-order chi connectivity index (χ1) is 31.2. The van der Waals surface area contributed by atoms with Gasteiger partial charge >= 0.3 is 0 Å². The minimum absolute atomic E-state index is 0.00187. The quantitative estimate of drug-likeness (QED) is 0.171. The molecule has 4 saturated carbocycles. The van der Waals surface area contributed by atoms with Crippen LogP contribution in [0.3, 0.4) is 0 Å². The predicted molar refractivity (Wildman–Crippen MR) is 280 cm³/mol. The van der Waals surface area contributed by atoms with E-state index < -0.39 is 0 Å². The van der Waals surface area contributed by atoms with E-state index in [1.807, 2.05) is 0 Å². The second-order valence-corrected chi connectivity index (χ2v) is 26.2. The van der Waals surface area contributed by atoms with E-state index in [-0.39, 0.29) is 32.5 Å². The molecule has 6 aromatic carbocycles. The molecule has 66 heavy (non-hydrogen) atoms. The molecular formula is C65H73N. The van der Waals surface area contributed by atoms with Crippen LogP contribution in [0, 0.1) is 23.7 Å². The van der Waals surface area contributed by atoms with E-state index in [0.29, 0.717) is 11.8 Å². The zero-order valence-electron chi connectivity index (χ0n) is 42.2. The summed E-state index contributed by atoms with van der Waals surface area (Å²) < 4.78 is 0. The standard InChI is InChI=1S/C65H73N/c1-60(2,3)42-32-41(33-43(34-42)61(4,5)6)52-35-48(38-58-59(52)51-18-14-16-20-54(51)65(58)44-28-39-27-40(30-44)31-45(65)29-39)66(47-22-24-55-57(37-47)63(9,10)26-25-62(55,7)8)46-21-23-50-49-17-13-15-19-53(49)64(11,12)56(50)36-46/h13-24,32-40,44-45H,25-31H2,1-12H3. The maximum atomic E-state index is 2.75. The maximum Gasteiger partial charge on any atom is 0.0471 e. The summed E-state index contributed by atoms with van der Waals surface area (Å²) in [5, 5.41) is 0. The zero-order chi connectivity index (χ0) is 46.1. The molecule has 1 heteroatoms. The van der Waals surface area contributed by atoms with Gasteiger partial charge in [-0.2, -0.15) is 0 Å². The van der Waals surface area contributed by atoms with Crippen LogP contribution in [0.5, 0.6) is 0 Å². The molecule has 0 aliphatic heterocycles. The molecule has 0 amide bonds. The fourth-order valence-electron chi connectivity index (χ4n) is 15.3. The first-order valence-corrected chi connectivity index (χ1v) is 25.8. The van der Waals surface area contributed by atoms with Gasteiger partial charge in [0.2, 0.25) is 0 Å². The average molecular weight is 868 g/mol. The summed E-state index contributed by atoms with van der Waals surface area (Å²) in [6.07, 6.45) is 9.33. The van der Waals surface area contributed by atoms with Crippen LogP contribution in [0.2, 0.25) is 0 Å². The fourth-order valence-corrected chi connectivity index (χ4v) is 15.3. The van der Waals surface area contributed by atoms with Crippen molar-refractivity contribution in [2.24, 2.45) is 23.7 Å². The largest absolute Gasteiger partial charge is 0.310 e. The molecule has 338 valence electrons. The van der Waals surface area contributed by atoms with E-state index in [4.69, 9.17) is 0 Å². The molecule has 0 N–H and O–H groups in total. The van der Waals surface area contributed by atoms with Crippen molar-refractivity contribution in [3.63, 3.8) is 0 Å². The first kappa shape index (κ1) is 42.5. The van der Waals surface area contributed by atoms with Gasteiger partial charge in [0.25, 0.3) is 0 Å². The van der Waals surface area contributed by atoms with Crippen molar-refractivity contribution in [2.45, 2.75) is 161 Å². The van der Waals surface area contributed by atoms with Crippen LogP contribution < -0.4 is 4.90 Å². The Morgan fingerprint density at radius 3 is 1.56 bits per heavy atom. The second-order valence-electron chi connectivity index (χ2n) is 26.2. The highest BCUT2D eigenvalue weighted by molar-refractivity contribution is 5.97. The summed E-state index contributed by atoms with van der Waals surface area (Å²) in [4.78, 5) is 2.70. The van der Waals surface area contributed by atoms with Gasteiger partial charge in [0, 0.05) is 27.9 Å². The van der Waals surface area contributed by atoms with Crippen molar-refractivity contribution in [2.75, 3.05) is 4.90 Å². The zero-order valence-corrected chi connectivity index (χ0v) is 42.2. The van der Waals surface area contributed by atoms with Gasteiger partial charge in [0.1, 0.15) is 0 Å². The Hall–Kier alpha value is -4.88. The molecule has 1 spiro atoms. The van der Waals surface area contributed by atoms with Crippen LogP contribution in [0.15, 0.2) is 115 Å². The van der Waals surface area contributed by atoms with Gasteiger partial charge in [-0.05, 0) is 205 Å². The topological polar surface area (TPSA) is 3.24 Å². The highest BCUT2D eigenvalue weighted by Gasteiger charge is 2.62. The average Bonchev–Trinajstić information content (AvgIpc) is 3.68. The third-order valence-corrected chi connectivity index (χ3v) is 18.8. The van der Waals surface area contributed by atoms with Gasteiger partial charge in [-0.1, -0.05) is 162 Å². The monoisotopic (exact) mass is 868 g/mol. The first-order valence-electron chi connectivity index (χ1n) is 25.8. The van der Waals surface area contributed by atoms with E-state index in [0.717, 1.165) is 11.8 Å². The number of benzene rings is 6. The van der Waals surface area contributed by atoms with Crippen molar-refractivity contribution in [3.05, 3.63) is 160 Å². The molecular weight excluding hydrogens is 795 g/mol. The lowest BCUT2D eigenvalue weighted by Crippen LogP contribution is -2.55. The Labute approximate surface area is 397 Å². The molecule has 13 rings (SSSR count). The Morgan fingerprint density at radius 2 is 0.939 bits per heavy atom. The number of anilines is 3. The van der Waals surface area contributed by atoms with Crippen LogP contribution in [0.1, 0.15) is 173 Å². The lowest BCUT2D eigenvalue weighted by molar-refractivity contribution is -0.0399. The lowest BCUT2D eigenvalue weighted by Gasteiger charge is -2.61. The summed E-state index contributed by atoms with van der Waals surface area (Å²) in [5.74, 6) is 3.11. The van der Waals surface area contributed by atoms with Crippen LogP contribution in [-0.2, 0) is 32.5 Å². The number of fused-ring (bicyclic) bond motifs is 7. The van der Waals surface area contributed by atoms with E-state index >= 15 is 0 Å². The molecule has 0 atom stereocenters. The summed E-state index contributed by atoms with van der Waals surface area (Å²) >= 11 is 0. The van der Waals surface area contributed by atoms with Gasteiger partial charge in [-0.15, -0.1) is 0 Å². The molecule has 6 aromatic rings. The SMILES string of the molecule is CC(C)(C)c1cc(-c2cc(N(c3ccc4c(c3)C(C)(C)CCC4(C)C)c3ccc4c(c3)C(C)(C)c3ccccc3-4)cc3c2-c2ccccc2C32C3CC4CC(C3)CC2C4)cc(C(C)(C)C)c1. The predicted octanol–water partition coefficient (Wildman–Crippen LogP) is 17.8. The Morgan fingerprint density at radius 1 is 0.424 bits per heavy atom. The fraction of sp³-hybridized carbons (Fsp3) is 0.446. The highest BCUT2D eigenvalue weighted by Crippen LogP contribution is 2.71. The van der Waals surface area contributed by atoms with Gasteiger partial charge in [-0.3, -0.25) is 0 Å². The number of rotatable bonds is 4. The van der Waals surface area contributed by atoms with Crippen LogP contribution in [-0.4, -0.2) is 0 Å². The van der Waals surface area contributed by atoms with Gasteiger partial charge in [0.05, 0.1) is 0 Å². The Balaban J connectivity index is 1.18. The van der Waals surface area contributed by atoms with E-state index in [9.17, 15) is 0 Å². The molecule has 4 fully saturated rings. The molecule has 4 bridgehead atoms. The molecule has 0 aromatic heterocycles. The van der Waals surface area contributed by atoms with Gasteiger partial charge < -0.3 is 4.90 Å². The molecule has 0 heterocycles. The minimum Gasteiger partial charge on any atom is -0.310 e. The minimum atomic E-state index is -0.110. The summed E-state index contributed by atoms with van der Waals surface area (Å²) in [6, 6.07) is 47.0. The van der Waals surface area contributed by atoms with Crippen molar-refractivity contribution in [1.82, 2.24) is 0 Å². The van der Waals surface area contributed by atoms with Crippen LogP contribution in [0.4, 0.5) is 17.1 Å². The lowest BCUT2D eigenvalue weighted by atomic mass is 9.43. The number of hydrogen-bond acceptors (Lipinski definition) is 1. The summed E-state index contributed by atoms with van der Waals surface area (Å²) in [7, 11) is 0. The van der Waals surface area contributed by atoms with E-state index in [1.54, 1.807) is 11.1 Å². The van der Waals surface area contributed by atoms with Crippen LogP contribution in [0.25, 0.3) is 33.4 Å². The summed E-state index contributed by atoms with van der Waals surface area (Å²) in [5.41, 5.74) is 24.4. The van der Waals surface area contributed by atoms with Gasteiger partial charge in [-0.25, -0.2) is 0 Å². The van der Waals surface area contributed by atoms with Crippen LogP contribution >= 0.6 is 0 Å². The maximum absolute atomic E-state index is 2.75. The molecule has 1 nitrogen and oxygen atoms in total. The van der Waals surface area contributed by atoms with Crippen molar-refractivity contribution in [3.8, 4) is 33.4 Å². The normalized spacial score (nSPS) is 25.6. The molecule has 7 aliphatic rings. The smallest absolute Gasteiger partial charge is 0.0471 e. The molecule has 7 aliphatic carbocycles. The van der Waals surface area contributed by atoms with E-state index in [2.05, 4.69) is 203 Å². The Kier molecular flexibility index (Phi) is 8.92. The third-order valence-electron chi connectivity index (χ3n) is 18.8. The summed E-state index contributed by atoms with van der Waals surface area (Å²) in [6.45, 7) is 29.1. The third kappa shape index (κ3) is 6.02. The molecule has 0 saturated heterocycles. The van der Waals surface area contributed by atoms with E-state index in [1.165, 1.54) is 129 Å². The number of hydrogen-bond donors (Lipinski definition) is 0. The number of nitrogens with zero attached hydrogens (tertiary/aromatic N) is 1.